The molecule has 7 nitrogen and oxygen atoms in total. The van der Waals surface area contributed by atoms with Crippen LogP contribution in [0.3, 0.4) is 0 Å². The lowest BCUT2D eigenvalue weighted by Gasteiger charge is -2.11. The number of rotatable bonds is 4. The molecule has 2 heterocycles. The summed E-state index contributed by atoms with van der Waals surface area (Å²) in [5, 5.41) is 6.99. The van der Waals surface area contributed by atoms with Crippen LogP contribution in [0.1, 0.15) is 18.3 Å². The Kier molecular flexibility index (Phi) is 3.98. The number of nitrogen functional groups attached to an aromatic ring is 1. The molecular weight excluding hydrogens is 287 g/mol. The number of hydrazine groups is 1. The van der Waals surface area contributed by atoms with Crippen LogP contribution in [-0.4, -0.2) is 19.7 Å². The van der Waals surface area contributed by atoms with Gasteiger partial charge in [-0.25, -0.2) is 10.8 Å². The normalized spacial score (nSPS) is 11.5. The molecule has 114 valence electrons. The minimum Gasteiger partial charge on any atom is -0.337 e. The fraction of sp³-hybridized carbons (Fsp3) is 0.364. The molecule has 0 aromatic carbocycles. The summed E-state index contributed by atoms with van der Waals surface area (Å²) >= 11 is 0. The summed E-state index contributed by atoms with van der Waals surface area (Å²) in [6, 6.07) is 0.813. The van der Waals surface area contributed by atoms with Gasteiger partial charge in [-0.3, -0.25) is 10.1 Å². The van der Waals surface area contributed by atoms with Crippen LogP contribution in [0, 0.1) is 0 Å². The fourth-order valence-corrected chi connectivity index (χ4v) is 1.76. The average Bonchev–Trinajstić information content (AvgIpc) is 2.77. The van der Waals surface area contributed by atoms with Crippen LogP contribution in [0.2, 0.25) is 0 Å². The molecule has 2 rings (SSSR count). The van der Waals surface area contributed by atoms with Gasteiger partial charge in [0.05, 0.1) is 11.4 Å². The number of alkyl halides is 3. The number of nitrogens with one attached hydrogen (secondary N) is 2. The zero-order valence-electron chi connectivity index (χ0n) is 11.4. The summed E-state index contributed by atoms with van der Waals surface area (Å²) < 4.78 is 39.9. The SMILES string of the molecule is CCc1nn(C)cc1Nc1cc(C(F)(F)F)nc(NN)n1. The zero-order chi connectivity index (χ0) is 15.6. The maximum atomic E-state index is 12.8. The molecule has 0 bridgehead atoms. The van der Waals surface area contributed by atoms with Gasteiger partial charge in [0.1, 0.15) is 5.82 Å². The zero-order valence-corrected chi connectivity index (χ0v) is 11.4. The first-order valence-electron chi connectivity index (χ1n) is 6.06. The molecule has 0 aliphatic heterocycles. The number of aromatic nitrogens is 4. The Labute approximate surface area is 118 Å². The van der Waals surface area contributed by atoms with Crippen LogP contribution in [0.25, 0.3) is 0 Å². The second kappa shape index (κ2) is 5.56. The second-order valence-electron chi connectivity index (χ2n) is 4.25. The predicted molar refractivity (Wildman–Crippen MR) is 70.7 cm³/mol. The molecule has 2 aromatic rings. The molecule has 10 heteroatoms. The van der Waals surface area contributed by atoms with Gasteiger partial charge in [-0.05, 0) is 6.42 Å². The smallest absolute Gasteiger partial charge is 0.337 e. The third kappa shape index (κ3) is 3.40. The molecule has 0 unspecified atom stereocenters. The molecular formula is C11H14F3N7. The summed E-state index contributed by atoms with van der Waals surface area (Å²) in [6.07, 6.45) is -2.31. The molecule has 0 saturated carbocycles. The van der Waals surface area contributed by atoms with Crippen molar-refractivity contribution in [1.29, 1.82) is 0 Å². The molecule has 2 aromatic heterocycles. The summed E-state index contributed by atoms with van der Waals surface area (Å²) in [5.74, 6) is 4.75. The van der Waals surface area contributed by atoms with Gasteiger partial charge in [0.2, 0.25) is 5.95 Å². The van der Waals surface area contributed by atoms with Crippen molar-refractivity contribution in [3.63, 3.8) is 0 Å². The molecule has 21 heavy (non-hydrogen) atoms. The standard InChI is InChI=1S/C11H14F3N7/c1-3-6-7(5-21(2)20-6)16-9-4-8(11(12,13)14)17-10(18-9)19-15/h4-5H,3,15H2,1-2H3,(H2,16,17,18,19). The van der Waals surface area contributed by atoms with Crippen molar-refractivity contribution in [3.8, 4) is 0 Å². The van der Waals surface area contributed by atoms with Gasteiger partial charge < -0.3 is 5.32 Å². The Bertz CT molecular complexity index is 635. The highest BCUT2D eigenvalue weighted by atomic mass is 19.4. The molecule has 0 aliphatic rings. The maximum absolute atomic E-state index is 12.8. The number of hydrogen-bond acceptors (Lipinski definition) is 6. The number of aryl methyl sites for hydroxylation is 2. The van der Waals surface area contributed by atoms with Crippen molar-refractivity contribution in [2.45, 2.75) is 19.5 Å². The maximum Gasteiger partial charge on any atom is 0.433 e. The van der Waals surface area contributed by atoms with Gasteiger partial charge in [0, 0.05) is 19.3 Å². The van der Waals surface area contributed by atoms with E-state index < -0.39 is 11.9 Å². The van der Waals surface area contributed by atoms with Gasteiger partial charge in [-0.15, -0.1) is 0 Å². The van der Waals surface area contributed by atoms with Crippen molar-refractivity contribution >= 4 is 17.5 Å². The first-order chi connectivity index (χ1) is 9.83. The molecule has 0 fully saturated rings. The van der Waals surface area contributed by atoms with Crippen molar-refractivity contribution in [2.24, 2.45) is 12.9 Å². The molecule has 0 aliphatic carbocycles. The van der Waals surface area contributed by atoms with Crippen LogP contribution < -0.4 is 16.6 Å². The molecule has 0 radical (unpaired) electrons. The third-order valence-corrected chi connectivity index (χ3v) is 2.65. The van der Waals surface area contributed by atoms with Crippen LogP contribution in [0.15, 0.2) is 12.3 Å². The lowest BCUT2D eigenvalue weighted by molar-refractivity contribution is -0.141. The van der Waals surface area contributed by atoms with E-state index in [1.54, 1.807) is 17.9 Å². The van der Waals surface area contributed by atoms with E-state index in [0.29, 0.717) is 17.8 Å². The predicted octanol–water partition coefficient (Wildman–Crippen LogP) is 1.82. The minimum absolute atomic E-state index is 0.0204. The highest BCUT2D eigenvalue weighted by Crippen LogP contribution is 2.30. The Hall–Kier alpha value is -2.36. The molecule has 0 amide bonds. The first-order valence-corrected chi connectivity index (χ1v) is 6.06. The van der Waals surface area contributed by atoms with E-state index in [4.69, 9.17) is 5.84 Å². The van der Waals surface area contributed by atoms with Crippen molar-refractivity contribution < 1.29 is 13.2 Å². The second-order valence-corrected chi connectivity index (χ2v) is 4.25. The Morgan fingerprint density at radius 2 is 2.05 bits per heavy atom. The monoisotopic (exact) mass is 301 g/mol. The van der Waals surface area contributed by atoms with E-state index >= 15 is 0 Å². The Morgan fingerprint density at radius 3 is 2.62 bits per heavy atom. The van der Waals surface area contributed by atoms with E-state index in [1.165, 1.54) is 0 Å². The van der Waals surface area contributed by atoms with E-state index in [0.717, 1.165) is 6.07 Å². The van der Waals surface area contributed by atoms with Gasteiger partial charge in [0.25, 0.3) is 0 Å². The average molecular weight is 301 g/mol. The van der Waals surface area contributed by atoms with E-state index in [2.05, 4.69) is 20.4 Å². The van der Waals surface area contributed by atoms with Gasteiger partial charge in [0.15, 0.2) is 5.69 Å². The summed E-state index contributed by atoms with van der Waals surface area (Å²) in [4.78, 5) is 7.13. The number of hydrogen-bond donors (Lipinski definition) is 3. The minimum atomic E-state index is -4.59. The summed E-state index contributed by atoms with van der Waals surface area (Å²) in [5.41, 5.74) is 2.22. The quantitative estimate of drug-likeness (QED) is 0.589. The largest absolute Gasteiger partial charge is 0.433 e. The number of anilines is 3. The first kappa shape index (κ1) is 15.0. The third-order valence-electron chi connectivity index (χ3n) is 2.65. The Morgan fingerprint density at radius 1 is 1.33 bits per heavy atom. The van der Waals surface area contributed by atoms with Gasteiger partial charge >= 0.3 is 6.18 Å². The Balaban J connectivity index is 2.39. The topological polar surface area (TPSA) is 93.7 Å². The van der Waals surface area contributed by atoms with Crippen molar-refractivity contribution in [3.05, 3.63) is 23.7 Å². The van der Waals surface area contributed by atoms with Gasteiger partial charge in [-0.2, -0.15) is 23.3 Å². The van der Waals surface area contributed by atoms with Crippen LogP contribution in [0.5, 0.6) is 0 Å². The van der Waals surface area contributed by atoms with Crippen LogP contribution >= 0.6 is 0 Å². The number of nitrogens with zero attached hydrogens (tertiary/aromatic N) is 4. The molecule has 0 spiro atoms. The van der Waals surface area contributed by atoms with Crippen molar-refractivity contribution in [2.75, 3.05) is 10.7 Å². The molecule has 0 atom stereocenters. The number of nitrogens with two attached hydrogens (primary N) is 1. The molecule has 4 N–H and O–H groups in total. The van der Waals surface area contributed by atoms with E-state index in [1.807, 2.05) is 12.3 Å². The van der Waals surface area contributed by atoms with E-state index in [-0.39, 0.29) is 11.8 Å². The number of halogens is 3. The van der Waals surface area contributed by atoms with Gasteiger partial charge in [-0.1, -0.05) is 6.92 Å². The highest BCUT2D eigenvalue weighted by Gasteiger charge is 2.33. The summed E-state index contributed by atoms with van der Waals surface area (Å²) in [6.45, 7) is 1.89. The highest BCUT2D eigenvalue weighted by molar-refractivity contribution is 5.59. The van der Waals surface area contributed by atoms with E-state index in [9.17, 15) is 13.2 Å². The lowest BCUT2D eigenvalue weighted by Crippen LogP contribution is -2.16. The van der Waals surface area contributed by atoms with Crippen LogP contribution in [-0.2, 0) is 19.6 Å². The van der Waals surface area contributed by atoms with Crippen molar-refractivity contribution in [1.82, 2.24) is 19.7 Å². The van der Waals surface area contributed by atoms with Crippen LogP contribution in [0.4, 0.5) is 30.6 Å². The summed E-state index contributed by atoms with van der Waals surface area (Å²) in [7, 11) is 1.72. The fourth-order valence-electron chi connectivity index (χ4n) is 1.76. The lowest BCUT2D eigenvalue weighted by atomic mass is 10.3. The molecule has 0 saturated heterocycles.